The number of hydrogen-bond donors (Lipinski definition) is 1. The van der Waals surface area contributed by atoms with Gasteiger partial charge < -0.3 is 19.8 Å². The maximum absolute atomic E-state index is 11.0. The van der Waals surface area contributed by atoms with Crippen molar-refractivity contribution in [2.24, 2.45) is 5.73 Å². The molecule has 1 aliphatic rings. The molecular weight excluding hydrogens is 269 g/mol. The molecule has 2 N–H and O–H groups in total. The van der Waals surface area contributed by atoms with Gasteiger partial charge in [0, 0.05) is 5.46 Å². The molecule has 5 nitrogen and oxygen atoms in total. The highest BCUT2D eigenvalue weighted by molar-refractivity contribution is 6.63. The zero-order chi connectivity index (χ0) is 15.8. The SMILES string of the molecule is COc1ccc([CH]C(N)=O)cc1B1OC(C)(C)C(C)(C)O1. The molecule has 0 bridgehead atoms. The van der Waals surface area contributed by atoms with E-state index in [2.05, 4.69) is 0 Å². The third-order valence-corrected chi connectivity index (χ3v) is 4.07. The first-order valence-electron chi connectivity index (χ1n) is 6.84. The van der Waals surface area contributed by atoms with Crippen LogP contribution in [0.4, 0.5) is 0 Å². The van der Waals surface area contributed by atoms with E-state index >= 15 is 0 Å². The zero-order valence-corrected chi connectivity index (χ0v) is 13.1. The van der Waals surface area contributed by atoms with Gasteiger partial charge in [-0.25, -0.2) is 0 Å². The molecule has 1 aromatic rings. The number of rotatable bonds is 4. The van der Waals surface area contributed by atoms with Gasteiger partial charge >= 0.3 is 7.12 Å². The van der Waals surface area contributed by atoms with Crippen LogP contribution in [-0.4, -0.2) is 31.3 Å². The Bertz CT molecular complexity index is 541. The fraction of sp³-hybridized carbons (Fsp3) is 0.467. The summed E-state index contributed by atoms with van der Waals surface area (Å²) in [5.41, 5.74) is 5.75. The fourth-order valence-electron chi connectivity index (χ4n) is 2.16. The average Bonchev–Trinajstić information content (AvgIpc) is 2.57. The molecule has 1 radical (unpaired) electrons. The lowest BCUT2D eigenvalue weighted by Crippen LogP contribution is -2.41. The average molecular weight is 290 g/mol. The van der Waals surface area contributed by atoms with Crippen LogP contribution in [0.3, 0.4) is 0 Å². The van der Waals surface area contributed by atoms with Gasteiger partial charge in [0.2, 0.25) is 5.91 Å². The molecule has 0 atom stereocenters. The normalized spacial score (nSPS) is 19.6. The van der Waals surface area contributed by atoms with Gasteiger partial charge in [-0.3, -0.25) is 4.79 Å². The molecular formula is C15H21BNO4. The van der Waals surface area contributed by atoms with Gasteiger partial charge in [-0.05, 0) is 39.3 Å². The van der Waals surface area contributed by atoms with Crippen molar-refractivity contribution < 1.29 is 18.8 Å². The predicted octanol–water partition coefficient (Wildman–Crippen LogP) is 1.03. The van der Waals surface area contributed by atoms with E-state index in [1.807, 2.05) is 27.7 Å². The van der Waals surface area contributed by atoms with E-state index in [9.17, 15) is 4.79 Å². The van der Waals surface area contributed by atoms with Gasteiger partial charge in [-0.15, -0.1) is 0 Å². The van der Waals surface area contributed by atoms with Crippen molar-refractivity contribution in [3.8, 4) is 5.75 Å². The number of nitrogens with two attached hydrogens (primary N) is 1. The molecule has 1 aromatic carbocycles. The van der Waals surface area contributed by atoms with E-state index in [1.165, 1.54) is 6.42 Å². The van der Waals surface area contributed by atoms with Crippen LogP contribution in [0.5, 0.6) is 5.75 Å². The summed E-state index contributed by atoms with van der Waals surface area (Å²) < 4.78 is 17.4. The van der Waals surface area contributed by atoms with Crippen molar-refractivity contribution in [3.05, 3.63) is 30.2 Å². The topological polar surface area (TPSA) is 70.8 Å². The summed E-state index contributed by atoms with van der Waals surface area (Å²) >= 11 is 0. The lowest BCUT2D eigenvalue weighted by atomic mass is 9.77. The molecule has 6 heteroatoms. The second kappa shape index (κ2) is 5.35. The number of carbonyl (C=O) groups is 1. The summed E-state index contributed by atoms with van der Waals surface area (Å²) in [4.78, 5) is 11.0. The summed E-state index contributed by atoms with van der Waals surface area (Å²) in [6.07, 6.45) is 1.36. The molecule has 1 aliphatic heterocycles. The first kappa shape index (κ1) is 15.9. The van der Waals surface area contributed by atoms with Crippen LogP contribution in [0.1, 0.15) is 33.3 Å². The van der Waals surface area contributed by atoms with Crippen LogP contribution < -0.4 is 15.9 Å². The second-order valence-corrected chi connectivity index (χ2v) is 6.14. The van der Waals surface area contributed by atoms with Gasteiger partial charge in [-0.1, -0.05) is 12.1 Å². The van der Waals surface area contributed by atoms with Gasteiger partial charge in [0.15, 0.2) is 0 Å². The largest absolute Gasteiger partial charge is 0.498 e. The number of benzene rings is 1. The molecule has 0 saturated carbocycles. The van der Waals surface area contributed by atoms with Crippen molar-refractivity contribution in [3.63, 3.8) is 0 Å². The van der Waals surface area contributed by atoms with Crippen LogP contribution in [0.15, 0.2) is 18.2 Å². The first-order chi connectivity index (χ1) is 9.66. The molecule has 1 saturated heterocycles. The standard InChI is InChI=1S/C15H21BNO4/c1-14(2)15(3,4)21-16(20-14)11-8-10(9-13(17)18)6-7-12(11)19-5/h6-9H,1-5H3,(H2,17,18). The highest BCUT2D eigenvalue weighted by atomic mass is 16.7. The second-order valence-electron chi connectivity index (χ2n) is 6.14. The van der Waals surface area contributed by atoms with Crippen LogP contribution in [0.25, 0.3) is 0 Å². The third kappa shape index (κ3) is 3.06. The van der Waals surface area contributed by atoms with E-state index in [-0.39, 0.29) is 0 Å². The monoisotopic (exact) mass is 290 g/mol. The first-order valence-corrected chi connectivity index (χ1v) is 6.84. The molecule has 1 amide bonds. The molecule has 0 unspecified atom stereocenters. The van der Waals surface area contributed by atoms with Crippen LogP contribution in [-0.2, 0) is 14.1 Å². The smallest absolute Gasteiger partial charge is 0.497 e. The molecule has 113 valence electrons. The Kier molecular flexibility index (Phi) is 4.04. The summed E-state index contributed by atoms with van der Waals surface area (Å²) in [6, 6.07) is 5.33. The highest BCUT2D eigenvalue weighted by Crippen LogP contribution is 2.37. The van der Waals surface area contributed by atoms with Crippen molar-refractivity contribution >= 4 is 18.5 Å². The molecule has 0 aliphatic carbocycles. The molecule has 0 aromatic heterocycles. The Hall–Kier alpha value is -1.53. The summed E-state index contributed by atoms with van der Waals surface area (Å²) in [5.74, 6) is 0.148. The van der Waals surface area contributed by atoms with Crippen LogP contribution in [0.2, 0.25) is 0 Å². The minimum absolute atomic E-state index is 0.438. The van der Waals surface area contributed by atoms with E-state index in [4.69, 9.17) is 19.8 Å². The van der Waals surface area contributed by atoms with Gasteiger partial charge in [-0.2, -0.15) is 0 Å². The predicted molar refractivity (Wildman–Crippen MR) is 81.3 cm³/mol. The highest BCUT2D eigenvalue weighted by Gasteiger charge is 2.52. The van der Waals surface area contributed by atoms with Gasteiger partial charge in [0.05, 0.1) is 24.7 Å². The quantitative estimate of drug-likeness (QED) is 0.841. The maximum Gasteiger partial charge on any atom is 0.498 e. The van der Waals surface area contributed by atoms with Gasteiger partial charge in [0.1, 0.15) is 5.75 Å². The van der Waals surface area contributed by atoms with E-state index < -0.39 is 24.2 Å². The van der Waals surface area contributed by atoms with Crippen molar-refractivity contribution in [1.82, 2.24) is 0 Å². The molecule has 2 rings (SSSR count). The number of carbonyl (C=O) groups excluding carboxylic acids is 1. The molecule has 1 heterocycles. The fourth-order valence-corrected chi connectivity index (χ4v) is 2.16. The number of amides is 1. The zero-order valence-electron chi connectivity index (χ0n) is 13.1. The van der Waals surface area contributed by atoms with E-state index in [1.54, 1.807) is 25.3 Å². The minimum atomic E-state index is -0.550. The number of primary amides is 1. The Morgan fingerprint density at radius 2 is 1.81 bits per heavy atom. The molecule has 21 heavy (non-hydrogen) atoms. The Balaban J connectivity index is 2.36. The van der Waals surface area contributed by atoms with E-state index in [0.29, 0.717) is 11.3 Å². The summed E-state index contributed by atoms with van der Waals surface area (Å²) in [7, 11) is 1.04. The van der Waals surface area contributed by atoms with Gasteiger partial charge in [0.25, 0.3) is 0 Å². The Morgan fingerprint density at radius 3 is 2.29 bits per heavy atom. The molecule has 1 fully saturated rings. The van der Waals surface area contributed by atoms with Crippen molar-refractivity contribution in [1.29, 1.82) is 0 Å². The molecule has 0 spiro atoms. The van der Waals surface area contributed by atoms with Crippen LogP contribution in [0, 0.1) is 6.42 Å². The Morgan fingerprint density at radius 1 is 1.24 bits per heavy atom. The van der Waals surface area contributed by atoms with Crippen molar-refractivity contribution in [2.45, 2.75) is 38.9 Å². The lowest BCUT2D eigenvalue weighted by Gasteiger charge is -2.32. The van der Waals surface area contributed by atoms with Crippen molar-refractivity contribution in [2.75, 3.05) is 7.11 Å². The lowest BCUT2D eigenvalue weighted by molar-refractivity contribution is -0.114. The maximum atomic E-state index is 11.0. The number of ether oxygens (including phenoxy) is 1. The Labute approximate surface area is 125 Å². The number of methoxy groups -OCH3 is 1. The minimum Gasteiger partial charge on any atom is -0.497 e. The van der Waals surface area contributed by atoms with E-state index in [0.717, 1.165) is 5.46 Å². The number of hydrogen-bond acceptors (Lipinski definition) is 4. The summed E-state index contributed by atoms with van der Waals surface area (Å²) in [5, 5.41) is 0. The third-order valence-electron chi connectivity index (χ3n) is 4.07. The summed E-state index contributed by atoms with van der Waals surface area (Å²) in [6.45, 7) is 7.94. The van der Waals surface area contributed by atoms with Crippen LogP contribution >= 0.6 is 0 Å².